The van der Waals surface area contributed by atoms with E-state index in [1.165, 1.54) is 22.8 Å². The molecular weight excluding hydrogens is 262 g/mol. The molecule has 6 nitrogen and oxygen atoms in total. The molecule has 0 aliphatic heterocycles. The summed E-state index contributed by atoms with van der Waals surface area (Å²) in [5, 5.41) is 16.9. The van der Waals surface area contributed by atoms with Crippen LogP contribution in [0.25, 0.3) is 0 Å². The summed E-state index contributed by atoms with van der Waals surface area (Å²) in [5.41, 5.74) is 0.265. The Morgan fingerprint density at radius 2 is 2.24 bits per heavy atom. The minimum Gasteiger partial charge on any atom is -0.478 e. The van der Waals surface area contributed by atoms with Gasteiger partial charge in [0, 0.05) is 10.3 Å². The average Bonchev–Trinajstić information content (AvgIpc) is 2.86. The summed E-state index contributed by atoms with van der Waals surface area (Å²) in [5.74, 6) is -1.52. The molecule has 0 aliphatic carbocycles. The second kappa shape index (κ2) is 4.60. The van der Waals surface area contributed by atoms with Gasteiger partial charge < -0.3 is 10.4 Å². The van der Waals surface area contributed by atoms with Gasteiger partial charge in [0.15, 0.2) is 5.69 Å². The third-order valence-electron chi connectivity index (χ3n) is 1.91. The van der Waals surface area contributed by atoms with E-state index in [0.717, 1.165) is 16.4 Å². The molecule has 0 unspecified atom stereocenters. The summed E-state index contributed by atoms with van der Waals surface area (Å²) < 4.78 is 3.57. The van der Waals surface area contributed by atoms with Crippen molar-refractivity contribution in [2.75, 3.05) is 5.32 Å². The molecule has 0 bridgehead atoms. The zero-order valence-electron chi connectivity index (χ0n) is 8.63. The number of carbonyl (C=O) groups is 2. The van der Waals surface area contributed by atoms with Crippen molar-refractivity contribution in [3.8, 4) is 0 Å². The maximum Gasteiger partial charge on any atom is 0.338 e. The molecule has 0 spiro atoms. The minimum absolute atomic E-state index is 0.0871. The van der Waals surface area contributed by atoms with Crippen LogP contribution < -0.4 is 5.32 Å². The van der Waals surface area contributed by atoms with E-state index in [-0.39, 0.29) is 11.3 Å². The van der Waals surface area contributed by atoms with Crippen LogP contribution in [0.1, 0.15) is 25.7 Å². The predicted molar refractivity (Wildman–Crippen MR) is 63.9 cm³/mol. The maximum absolute atomic E-state index is 11.7. The molecule has 2 heterocycles. The van der Waals surface area contributed by atoms with Crippen LogP contribution in [-0.2, 0) is 0 Å². The molecule has 0 saturated heterocycles. The summed E-state index contributed by atoms with van der Waals surface area (Å²) in [7, 11) is 0. The van der Waals surface area contributed by atoms with Crippen molar-refractivity contribution in [3.05, 3.63) is 27.6 Å². The number of nitrogens with one attached hydrogen (secondary N) is 1. The third kappa shape index (κ3) is 2.48. The molecule has 0 radical (unpaired) electrons. The summed E-state index contributed by atoms with van der Waals surface area (Å²) >= 11 is 2.27. The van der Waals surface area contributed by atoms with Crippen LogP contribution in [-0.4, -0.2) is 26.6 Å². The van der Waals surface area contributed by atoms with Gasteiger partial charge in [-0.25, -0.2) is 4.79 Å². The maximum atomic E-state index is 11.7. The molecule has 2 aromatic rings. The average molecular weight is 269 g/mol. The number of anilines is 1. The van der Waals surface area contributed by atoms with Gasteiger partial charge in [0.2, 0.25) is 0 Å². The van der Waals surface area contributed by atoms with Gasteiger partial charge in [0.1, 0.15) is 5.00 Å². The summed E-state index contributed by atoms with van der Waals surface area (Å²) in [6, 6.07) is 1.52. The van der Waals surface area contributed by atoms with E-state index in [0.29, 0.717) is 5.00 Å². The van der Waals surface area contributed by atoms with E-state index in [4.69, 9.17) is 5.11 Å². The number of amides is 1. The molecule has 1 amide bonds. The van der Waals surface area contributed by atoms with Gasteiger partial charge in [-0.2, -0.15) is 0 Å². The number of carboxylic acids is 1. The van der Waals surface area contributed by atoms with Crippen LogP contribution >= 0.6 is 22.9 Å². The van der Waals surface area contributed by atoms with Crippen LogP contribution in [0.5, 0.6) is 0 Å². The first-order chi connectivity index (χ1) is 8.08. The molecule has 0 aromatic carbocycles. The lowest BCUT2D eigenvalue weighted by molar-refractivity contribution is 0.0698. The van der Waals surface area contributed by atoms with E-state index in [9.17, 15) is 9.59 Å². The highest BCUT2D eigenvalue weighted by molar-refractivity contribution is 7.16. The lowest BCUT2D eigenvalue weighted by Crippen LogP contribution is -2.13. The van der Waals surface area contributed by atoms with Gasteiger partial charge in [0.05, 0.1) is 5.56 Å². The first-order valence-corrected chi connectivity index (χ1v) is 6.15. The number of hydrogen-bond donors (Lipinski definition) is 2. The van der Waals surface area contributed by atoms with Gasteiger partial charge in [-0.1, -0.05) is 4.49 Å². The number of hydrogen-bond acceptors (Lipinski definition) is 6. The van der Waals surface area contributed by atoms with E-state index >= 15 is 0 Å². The largest absolute Gasteiger partial charge is 0.478 e. The topological polar surface area (TPSA) is 92.2 Å². The lowest BCUT2D eigenvalue weighted by Gasteiger charge is -2.00. The molecule has 0 atom stereocenters. The van der Waals surface area contributed by atoms with Gasteiger partial charge in [-0.3, -0.25) is 4.79 Å². The number of aromatic carboxylic acids is 1. The number of thiophene rings is 1. The Bertz CT molecular complexity index is 562. The molecule has 2 N–H and O–H groups in total. The summed E-state index contributed by atoms with van der Waals surface area (Å²) in [6.07, 6.45) is 0. The number of nitrogens with zero attached hydrogens (tertiary/aromatic N) is 2. The Morgan fingerprint density at radius 3 is 2.82 bits per heavy atom. The number of rotatable bonds is 3. The quantitative estimate of drug-likeness (QED) is 0.887. The Morgan fingerprint density at radius 1 is 1.47 bits per heavy atom. The second-order valence-electron chi connectivity index (χ2n) is 3.15. The second-order valence-corrected chi connectivity index (χ2v) is 5.02. The summed E-state index contributed by atoms with van der Waals surface area (Å²) in [4.78, 5) is 23.4. The molecule has 0 saturated carbocycles. The highest BCUT2D eigenvalue weighted by Gasteiger charge is 2.17. The van der Waals surface area contributed by atoms with Crippen LogP contribution in [0.2, 0.25) is 0 Å². The molecule has 2 rings (SSSR count). The number of aromatic nitrogens is 2. The van der Waals surface area contributed by atoms with Gasteiger partial charge in [0.25, 0.3) is 5.91 Å². The van der Waals surface area contributed by atoms with Crippen molar-refractivity contribution >= 4 is 39.7 Å². The van der Waals surface area contributed by atoms with Crippen LogP contribution in [0.4, 0.5) is 5.00 Å². The van der Waals surface area contributed by atoms with Gasteiger partial charge in [-0.05, 0) is 24.5 Å². The van der Waals surface area contributed by atoms with Crippen LogP contribution in [0.15, 0.2) is 11.4 Å². The van der Waals surface area contributed by atoms with Crippen molar-refractivity contribution in [1.29, 1.82) is 0 Å². The van der Waals surface area contributed by atoms with Gasteiger partial charge >= 0.3 is 5.97 Å². The normalized spacial score (nSPS) is 10.2. The Labute approximate surface area is 104 Å². The standard InChI is InChI=1S/C9H7N3O3S2/c1-4-2-5(9(14)15)8(17-4)10-7(13)6-3-16-12-11-6/h2-3H,1H3,(H,10,13)(H,14,15). The molecule has 8 heteroatoms. The Kier molecular flexibility index (Phi) is 3.16. The minimum atomic E-state index is -1.07. The number of aryl methyl sites for hydroxylation is 1. The molecule has 17 heavy (non-hydrogen) atoms. The zero-order valence-corrected chi connectivity index (χ0v) is 10.3. The zero-order chi connectivity index (χ0) is 12.4. The van der Waals surface area contributed by atoms with E-state index in [2.05, 4.69) is 14.9 Å². The van der Waals surface area contributed by atoms with E-state index in [1.54, 1.807) is 6.92 Å². The smallest absolute Gasteiger partial charge is 0.338 e. The Hall–Kier alpha value is -1.80. The SMILES string of the molecule is Cc1cc(C(=O)O)c(NC(=O)c2csnn2)s1. The van der Waals surface area contributed by atoms with Crippen molar-refractivity contribution in [2.45, 2.75) is 6.92 Å². The highest BCUT2D eigenvalue weighted by atomic mass is 32.1. The van der Waals surface area contributed by atoms with Crippen molar-refractivity contribution in [2.24, 2.45) is 0 Å². The number of carbonyl (C=O) groups excluding carboxylic acids is 1. The fourth-order valence-corrected chi connectivity index (χ4v) is 2.53. The van der Waals surface area contributed by atoms with Gasteiger partial charge in [-0.15, -0.1) is 16.4 Å². The van der Waals surface area contributed by atoms with E-state index < -0.39 is 11.9 Å². The predicted octanol–water partition coefficient (Wildman–Crippen LogP) is 1.86. The molecule has 0 aliphatic rings. The van der Waals surface area contributed by atoms with Crippen molar-refractivity contribution in [3.63, 3.8) is 0 Å². The molecule has 0 fully saturated rings. The van der Waals surface area contributed by atoms with Crippen LogP contribution in [0, 0.1) is 6.92 Å². The first kappa shape index (κ1) is 11.7. The van der Waals surface area contributed by atoms with Crippen LogP contribution in [0.3, 0.4) is 0 Å². The Balaban J connectivity index is 2.24. The molecule has 88 valence electrons. The monoisotopic (exact) mass is 269 g/mol. The molecular formula is C9H7N3O3S2. The summed E-state index contributed by atoms with van der Waals surface area (Å²) in [6.45, 7) is 1.77. The third-order valence-corrected chi connectivity index (χ3v) is 3.38. The van der Waals surface area contributed by atoms with Crippen molar-refractivity contribution in [1.82, 2.24) is 9.59 Å². The lowest BCUT2D eigenvalue weighted by atomic mass is 10.3. The first-order valence-electron chi connectivity index (χ1n) is 4.50. The van der Waals surface area contributed by atoms with Crippen molar-refractivity contribution < 1.29 is 14.7 Å². The highest BCUT2D eigenvalue weighted by Crippen LogP contribution is 2.27. The molecule has 2 aromatic heterocycles. The fourth-order valence-electron chi connectivity index (χ4n) is 1.20. The number of carboxylic acid groups (broad SMARTS) is 1. The fraction of sp³-hybridized carbons (Fsp3) is 0.111. The van der Waals surface area contributed by atoms with E-state index in [1.807, 2.05) is 0 Å².